The van der Waals surface area contributed by atoms with Crippen LogP contribution in [0.1, 0.15) is 48.6 Å². The number of hydrogen-bond acceptors (Lipinski definition) is 3. The molecule has 24 heavy (non-hydrogen) atoms. The van der Waals surface area contributed by atoms with Crippen LogP contribution in [0.25, 0.3) is 0 Å². The van der Waals surface area contributed by atoms with Gasteiger partial charge in [-0.1, -0.05) is 19.1 Å². The molecule has 4 nitrogen and oxygen atoms in total. The topological polar surface area (TPSA) is 49.3 Å². The lowest BCUT2D eigenvalue weighted by molar-refractivity contribution is 0.607. The molecular formula is C18H25FN4S. The monoisotopic (exact) mass is 348 g/mol. The highest BCUT2D eigenvalue weighted by Gasteiger charge is 2.10. The first kappa shape index (κ1) is 18.4. The Morgan fingerprint density at radius 1 is 1.38 bits per heavy atom. The van der Waals surface area contributed by atoms with Crippen molar-refractivity contribution < 1.29 is 4.39 Å². The number of aromatic nitrogens is 1. The van der Waals surface area contributed by atoms with Crippen molar-refractivity contribution in [3.8, 4) is 0 Å². The van der Waals surface area contributed by atoms with Gasteiger partial charge in [0.25, 0.3) is 0 Å². The second-order valence-electron chi connectivity index (χ2n) is 5.66. The Kier molecular flexibility index (Phi) is 6.73. The summed E-state index contributed by atoms with van der Waals surface area (Å²) in [5, 5.41) is 9.71. The third kappa shape index (κ3) is 5.03. The molecule has 0 fully saturated rings. The third-order valence-electron chi connectivity index (χ3n) is 3.69. The lowest BCUT2D eigenvalue weighted by atomic mass is 10.1. The molecule has 0 radical (unpaired) electrons. The van der Waals surface area contributed by atoms with Crippen LogP contribution in [0.4, 0.5) is 4.39 Å². The summed E-state index contributed by atoms with van der Waals surface area (Å²) in [6, 6.07) is 5.27. The van der Waals surface area contributed by atoms with E-state index in [0.717, 1.165) is 29.2 Å². The van der Waals surface area contributed by atoms with Gasteiger partial charge in [0.15, 0.2) is 5.96 Å². The van der Waals surface area contributed by atoms with Crippen molar-refractivity contribution in [1.29, 1.82) is 0 Å². The maximum absolute atomic E-state index is 13.7. The zero-order valence-corrected chi connectivity index (χ0v) is 15.5. The number of aryl methyl sites for hydroxylation is 2. The number of nitrogens with one attached hydrogen (secondary N) is 2. The maximum Gasteiger partial charge on any atom is 0.192 e. The Balaban J connectivity index is 2.05. The van der Waals surface area contributed by atoms with Gasteiger partial charge in [0, 0.05) is 11.9 Å². The van der Waals surface area contributed by atoms with Crippen LogP contribution in [0, 0.1) is 12.7 Å². The van der Waals surface area contributed by atoms with E-state index in [0.29, 0.717) is 18.1 Å². The Labute approximate surface area is 147 Å². The van der Waals surface area contributed by atoms with Crippen LogP contribution < -0.4 is 10.6 Å². The van der Waals surface area contributed by atoms with Gasteiger partial charge in [-0.15, -0.1) is 11.3 Å². The van der Waals surface area contributed by atoms with E-state index < -0.39 is 0 Å². The summed E-state index contributed by atoms with van der Waals surface area (Å²) >= 11 is 1.67. The molecule has 2 aromatic rings. The average molecular weight is 348 g/mol. The molecule has 0 aliphatic rings. The molecule has 0 spiro atoms. The molecule has 0 amide bonds. The van der Waals surface area contributed by atoms with Crippen molar-refractivity contribution in [1.82, 2.24) is 15.6 Å². The van der Waals surface area contributed by atoms with Crippen LogP contribution in [0.5, 0.6) is 0 Å². The summed E-state index contributed by atoms with van der Waals surface area (Å²) in [5.74, 6) is 0.523. The van der Waals surface area contributed by atoms with Crippen LogP contribution in [0.2, 0.25) is 0 Å². The van der Waals surface area contributed by atoms with Gasteiger partial charge in [0.2, 0.25) is 0 Å². The van der Waals surface area contributed by atoms with Crippen LogP contribution in [0.3, 0.4) is 0 Å². The standard InChI is InChI=1S/C18H25FN4S/c1-5-17-23-15(11-24-17)10-21-18(20-6-2)22-13(4)14-8-7-12(3)16(19)9-14/h7-9,11,13H,5-6,10H2,1-4H3,(H2,20,21,22). The highest BCUT2D eigenvalue weighted by atomic mass is 32.1. The highest BCUT2D eigenvalue weighted by Crippen LogP contribution is 2.16. The molecule has 0 aliphatic heterocycles. The first-order valence-corrected chi connectivity index (χ1v) is 9.15. The molecule has 0 saturated heterocycles. The third-order valence-corrected chi connectivity index (χ3v) is 4.74. The van der Waals surface area contributed by atoms with Crippen LogP contribution in [0.15, 0.2) is 28.6 Å². The molecule has 0 aliphatic carbocycles. The van der Waals surface area contributed by atoms with Crippen molar-refractivity contribution in [3.05, 3.63) is 51.2 Å². The number of hydrogen-bond donors (Lipinski definition) is 2. The van der Waals surface area contributed by atoms with Gasteiger partial charge >= 0.3 is 0 Å². The molecule has 1 aromatic carbocycles. The van der Waals surface area contributed by atoms with Gasteiger partial charge < -0.3 is 10.6 Å². The summed E-state index contributed by atoms with van der Waals surface area (Å²) in [6.07, 6.45) is 0.947. The van der Waals surface area contributed by atoms with E-state index >= 15 is 0 Å². The molecule has 1 atom stereocenters. The molecule has 6 heteroatoms. The van der Waals surface area contributed by atoms with E-state index in [1.54, 1.807) is 30.4 Å². The van der Waals surface area contributed by atoms with E-state index in [9.17, 15) is 4.39 Å². The molecule has 1 unspecified atom stereocenters. The van der Waals surface area contributed by atoms with E-state index in [4.69, 9.17) is 0 Å². The quantitative estimate of drug-likeness (QED) is 0.613. The molecule has 130 valence electrons. The number of guanidine groups is 1. The molecular weight excluding hydrogens is 323 g/mol. The Hall–Kier alpha value is -1.95. The first-order valence-electron chi connectivity index (χ1n) is 8.27. The number of aliphatic imine (C=N–C) groups is 1. The summed E-state index contributed by atoms with van der Waals surface area (Å²) in [7, 11) is 0. The van der Waals surface area contributed by atoms with Gasteiger partial charge in [-0.2, -0.15) is 0 Å². The van der Waals surface area contributed by atoms with Crippen molar-refractivity contribution in [2.45, 2.75) is 46.7 Å². The predicted molar refractivity (Wildman–Crippen MR) is 99.0 cm³/mol. The number of nitrogens with zero attached hydrogens (tertiary/aromatic N) is 2. The minimum absolute atomic E-state index is 0.0421. The van der Waals surface area contributed by atoms with Crippen molar-refractivity contribution in [3.63, 3.8) is 0 Å². The largest absolute Gasteiger partial charge is 0.357 e. The smallest absolute Gasteiger partial charge is 0.192 e. The fourth-order valence-corrected chi connectivity index (χ4v) is 2.97. The van der Waals surface area contributed by atoms with Crippen molar-refractivity contribution >= 4 is 17.3 Å². The minimum atomic E-state index is -0.183. The number of halogens is 1. The molecule has 2 N–H and O–H groups in total. The van der Waals surface area contributed by atoms with E-state index in [1.165, 1.54) is 0 Å². The number of rotatable bonds is 6. The van der Waals surface area contributed by atoms with E-state index in [1.807, 2.05) is 25.3 Å². The Morgan fingerprint density at radius 3 is 2.79 bits per heavy atom. The molecule has 0 saturated carbocycles. The minimum Gasteiger partial charge on any atom is -0.357 e. The Morgan fingerprint density at radius 2 is 2.17 bits per heavy atom. The van der Waals surface area contributed by atoms with Gasteiger partial charge in [0.1, 0.15) is 5.82 Å². The van der Waals surface area contributed by atoms with Crippen LogP contribution >= 0.6 is 11.3 Å². The van der Waals surface area contributed by atoms with Crippen molar-refractivity contribution in [2.24, 2.45) is 4.99 Å². The highest BCUT2D eigenvalue weighted by molar-refractivity contribution is 7.09. The first-order chi connectivity index (χ1) is 11.5. The van der Waals surface area contributed by atoms with E-state index in [2.05, 4.69) is 27.5 Å². The lowest BCUT2D eigenvalue weighted by Crippen LogP contribution is -2.38. The van der Waals surface area contributed by atoms with Gasteiger partial charge in [-0.3, -0.25) is 0 Å². The lowest BCUT2D eigenvalue weighted by Gasteiger charge is -2.18. The van der Waals surface area contributed by atoms with Gasteiger partial charge in [0.05, 0.1) is 23.3 Å². The van der Waals surface area contributed by atoms with Crippen molar-refractivity contribution in [2.75, 3.05) is 6.54 Å². The summed E-state index contributed by atoms with van der Waals surface area (Å²) in [4.78, 5) is 9.11. The average Bonchev–Trinajstić information content (AvgIpc) is 3.03. The number of thiazole rings is 1. The van der Waals surface area contributed by atoms with E-state index in [-0.39, 0.29) is 11.9 Å². The van der Waals surface area contributed by atoms with Gasteiger partial charge in [-0.05, 0) is 44.4 Å². The second-order valence-corrected chi connectivity index (χ2v) is 6.60. The molecule has 0 bridgehead atoms. The molecule has 1 heterocycles. The SMILES string of the molecule is CCNC(=NCc1csc(CC)n1)NC(C)c1ccc(C)c(F)c1. The van der Waals surface area contributed by atoms with Gasteiger partial charge in [-0.25, -0.2) is 14.4 Å². The molecule has 2 rings (SSSR count). The van der Waals surface area contributed by atoms with Crippen LogP contribution in [-0.4, -0.2) is 17.5 Å². The fourth-order valence-electron chi connectivity index (χ4n) is 2.23. The second kappa shape index (κ2) is 8.78. The summed E-state index contributed by atoms with van der Waals surface area (Å²) < 4.78 is 13.7. The summed E-state index contributed by atoms with van der Waals surface area (Å²) in [6.45, 7) is 9.17. The maximum atomic E-state index is 13.7. The zero-order chi connectivity index (χ0) is 17.5. The summed E-state index contributed by atoms with van der Waals surface area (Å²) in [5.41, 5.74) is 2.52. The molecule has 1 aromatic heterocycles. The predicted octanol–water partition coefficient (Wildman–Crippen LogP) is 3.97. The normalized spacial score (nSPS) is 13.0. The zero-order valence-electron chi connectivity index (χ0n) is 14.7. The van der Waals surface area contributed by atoms with Crippen LogP contribution in [-0.2, 0) is 13.0 Å². The Bertz CT molecular complexity index is 696. The fraction of sp³-hybridized carbons (Fsp3) is 0.444. The number of benzene rings is 1.